The first-order chi connectivity index (χ1) is 7.98. The first kappa shape index (κ1) is 15.5. The highest BCUT2D eigenvalue weighted by Crippen LogP contribution is 2.39. The Morgan fingerprint density at radius 3 is 1.89 bits per heavy atom. The first-order valence-electron chi connectivity index (χ1n) is 6.67. The zero-order valence-corrected chi connectivity index (χ0v) is 13.0. The van der Waals surface area contributed by atoms with Gasteiger partial charge in [-0.2, -0.15) is 0 Å². The average molecular weight is 250 g/mol. The minimum atomic E-state index is -0.282. The Morgan fingerprint density at radius 1 is 1.11 bits per heavy atom. The molecule has 1 heterocycles. The van der Waals surface area contributed by atoms with Crippen molar-refractivity contribution in [2.75, 3.05) is 0 Å². The molecule has 0 N–H and O–H groups in total. The lowest BCUT2D eigenvalue weighted by molar-refractivity contribution is 0.00578. The Balaban J connectivity index is 2.98. The molecule has 102 valence electrons. The van der Waals surface area contributed by atoms with E-state index in [0.717, 1.165) is 11.9 Å². The quantitative estimate of drug-likeness (QED) is 0.553. The lowest BCUT2D eigenvalue weighted by Gasteiger charge is -2.32. The summed E-state index contributed by atoms with van der Waals surface area (Å²) in [5, 5.41) is 0. The minimum absolute atomic E-state index is 0.113. The number of hydrogen-bond acceptors (Lipinski definition) is 2. The molecule has 1 aliphatic heterocycles. The molecule has 0 atom stereocenters. The summed E-state index contributed by atoms with van der Waals surface area (Å²) in [7, 11) is -0.257. The number of hydrogen-bond donors (Lipinski definition) is 0. The van der Waals surface area contributed by atoms with Crippen LogP contribution in [-0.2, 0) is 9.31 Å². The van der Waals surface area contributed by atoms with Gasteiger partial charge in [0, 0.05) is 0 Å². The van der Waals surface area contributed by atoms with Gasteiger partial charge in [-0.15, -0.1) is 6.58 Å². The fraction of sp³-hybridized carbons (Fsp3) is 0.733. The predicted molar refractivity (Wildman–Crippen MR) is 78.4 cm³/mol. The van der Waals surface area contributed by atoms with Crippen LogP contribution >= 0.6 is 0 Å². The summed E-state index contributed by atoms with van der Waals surface area (Å²) in [6.45, 7) is 18.7. The van der Waals surface area contributed by atoms with E-state index in [9.17, 15) is 0 Å². The lowest BCUT2D eigenvalue weighted by Crippen LogP contribution is -2.41. The van der Waals surface area contributed by atoms with Crippen molar-refractivity contribution in [1.82, 2.24) is 0 Å². The van der Waals surface area contributed by atoms with Crippen molar-refractivity contribution < 1.29 is 9.31 Å². The van der Waals surface area contributed by atoms with E-state index >= 15 is 0 Å². The summed E-state index contributed by atoms with van der Waals surface area (Å²) >= 11 is 0. The number of rotatable bonds is 3. The van der Waals surface area contributed by atoms with Gasteiger partial charge in [-0.1, -0.05) is 32.9 Å². The Kier molecular flexibility index (Phi) is 4.19. The Labute approximate surface area is 113 Å². The molecule has 0 aromatic carbocycles. The van der Waals surface area contributed by atoms with Crippen LogP contribution in [0.5, 0.6) is 0 Å². The number of allylic oxidation sites excluding steroid dienone is 3. The summed E-state index contributed by atoms with van der Waals surface area (Å²) in [5.74, 6) is 0. The van der Waals surface area contributed by atoms with Crippen LogP contribution in [0.15, 0.2) is 24.2 Å². The topological polar surface area (TPSA) is 18.5 Å². The van der Waals surface area contributed by atoms with Crippen LogP contribution < -0.4 is 0 Å². The van der Waals surface area contributed by atoms with Crippen molar-refractivity contribution in [3.05, 3.63) is 24.2 Å². The molecule has 0 aromatic heterocycles. The molecular weight excluding hydrogens is 223 g/mol. The summed E-state index contributed by atoms with van der Waals surface area (Å²) in [6, 6.07) is 0. The molecule has 0 amide bonds. The fourth-order valence-corrected chi connectivity index (χ4v) is 1.94. The van der Waals surface area contributed by atoms with Crippen LogP contribution in [0.2, 0.25) is 0 Å². The molecule has 1 fully saturated rings. The first-order valence-corrected chi connectivity index (χ1v) is 6.67. The third kappa shape index (κ3) is 3.49. The maximum Gasteiger partial charge on any atom is 0.490 e. The summed E-state index contributed by atoms with van der Waals surface area (Å²) in [4.78, 5) is 0. The van der Waals surface area contributed by atoms with E-state index in [1.807, 2.05) is 6.08 Å². The average Bonchev–Trinajstić information content (AvgIpc) is 2.33. The molecule has 0 aliphatic carbocycles. The third-order valence-electron chi connectivity index (χ3n) is 3.55. The van der Waals surface area contributed by atoms with Gasteiger partial charge in [-0.05, 0) is 45.0 Å². The minimum Gasteiger partial charge on any atom is -0.400 e. The molecular formula is C15H27BO2. The van der Waals surface area contributed by atoms with E-state index in [1.54, 1.807) is 0 Å². The van der Waals surface area contributed by atoms with Crippen molar-refractivity contribution in [2.45, 2.75) is 66.1 Å². The van der Waals surface area contributed by atoms with Gasteiger partial charge in [0.25, 0.3) is 0 Å². The van der Waals surface area contributed by atoms with Crippen LogP contribution in [-0.4, -0.2) is 18.3 Å². The molecule has 2 nitrogen and oxygen atoms in total. The Bertz CT molecular complexity index is 332. The van der Waals surface area contributed by atoms with Gasteiger partial charge in [-0.3, -0.25) is 0 Å². The standard InChI is InChI=1S/C15H27BO2/c1-9-10-12(11-13(2,3)4)16-17-14(5,6)15(7,8)18-16/h9,11H,1,10H2,2-8H3/b12-11-. The predicted octanol–water partition coefficient (Wildman–Crippen LogP) is 4.17. The molecule has 0 spiro atoms. The van der Waals surface area contributed by atoms with Gasteiger partial charge in [0.2, 0.25) is 0 Å². The van der Waals surface area contributed by atoms with Crippen LogP contribution in [0.25, 0.3) is 0 Å². The highest BCUT2D eigenvalue weighted by atomic mass is 16.7. The van der Waals surface area contributed by atoms with E-state index in [1.165, 1.54) is 0 Å². The van der Waals surface area contributed by atoms with Gasteiger partial charge >= 0.3 is 7.12 Å². The monoisotopic (exact) mass is 250 g/mol. The molecule has 3 heteroatoms. The zero-order chi connectivity index (χ0) is 14.2. The van der Waals surface area contributed by atoms with Gasteiger partial charge < -0.3 is 9.31 Å². The van der Waals surface area contributed by atoms with Crippen molar-refractivity contribution in [3.63, 3.8) is 0 Å². The highest BCUT2D eigenvalue weighted by molar-refractivity contribution is 6.54. The smallest absolute Gasteiger partial charge is 0.400 e. The van der Waals surface area contributed by atoms with E-state index in [4.69, 9.17) is 9.31 Å². The van der Waals surface area contributed by atoms with Crippen molar-refractivity contribution >= 4 is 7.12 Å². The van der Waals surface area contributed by atoms with Gasteiger partial charge in [-0.25, -0.2) is 0 Å². The normalized spacial score (nSPS) is 23.3. The zero-order valence-electron chi connectivity index (χ0n) is 13.0. The molecule has 18 heavy (non-hydrogen) atoms. The van der Waals surface area contributed by atoms with Crippen molar-refractivity contribution in [2.24, 2.45) is 5.41 Å². The molecule has 0 aromatic rings. The lowest BCUT2D eigenvalue weighted by atomic mass is 9.72. The second kappa shape index (κ2) is 4.86. The SMILES string of the molecule is C=CC/C(=C/C(C)(C)C)B1OC(C)(C)C(C)(C)O1. The highest BCUT2D eigenvalue weighted by Gasteiger charge is 2.52. The Morgan fingerprint density at radius 2 is 1.56 bits per heavy atom. The third-order valence-corrected chi connectivity index (χ3v) is 3.55. The second-order valence-corrected chi connectivity index (χ2v) is 7.17. The second-order valence-electron chi connectivity index (χ2n) is 7.17. The molecule has 1 saturated heterocycles. The fourth-order valence-electron chi connectivity index (χ4n) is 1.94. The molecule has 0 unspecified atom stereocenters. The van der Waals surface area contributed by atoms with E-state index < -0.39 is 0 Å². The van der Waals surface area contributed by atoms with Gasteiger partial charge in [0.1, 0.15) is 0 Å². The van der Waals surface area contributed by atoms with Crippen molar-refractivity contribution in [3.8, 4) is 0 Å². The van der Waals surface area contributed by atoms with E-state index in [0.29, 0.717) is 0 Å². The molecule has 1 aliphatic rings. The summed E-state index contributed by atoms with van der Waals surface area (Å²) in [6.07, 6.45) is 4.94. The largest absolute Gasteiger partial charge is 0.490 e. The summed E-state index contributed by atoms with van der Waals surface area (Å²) < 4.78 is 12.2. The van der Waals surface area contributed by atoms with Crippen LogP contribution in [0, 0.1) is 5.41 Å². The molecule has 0 saturated carbocycles. The van der Waals surface area contributed by atoms with Gasteiger partial charge in [0.05, 0.1) is 11.2 Å². The van der Waals surface area contributed by atoms with Crippen molar-refractivity contribution in [1.29, 1.82) is 0 Å². The van der Waals surface area contributed by atoms with Gasteiger partial charge in [0.15, 0.2) is 0 Å². The maximum absolute atomic E-state index is 6.09. The molecule has 0 bridgehead atoms. The van der Waals surface area contributed by atoms with E-state index in [2.05, 4.69) is 61.1 Å². The van der Waals surface area contributed by atoms with E-state index in [-0.39, 0.29) is 23.7 Å². The Hall–Kier alpha value is -0.535. The molecule has 0 radical (unpaired) electrons. The molecule has 1 rings (SSSR count). The van der Waals surface area contributed by atoms with Crippen LogP contribution in [0.3, 0.4) is 0 Å². The maximum atomic E-state index is 6.09. The van der Waals surface area contributed by atoms with Crippen LogP contribution in [0.1, 0.15) is 54.9 Å². The van der Waals surface area contributed by atoms with Crippen LogP contribution in [0.4, 0.5) is 0 Å². The summed E-state index contributed by atoms with van der Waals surface area (Å²) in [5.41, 5.74) is 0.712.